The van der Waals surface area contributed by atoms with Crippen LogP contribution >= 0.6 is 0 Å². The predicted molar refractivity (Wildman–Crippen MR) is 57.2 cm³/mol. The van der Waals surface area contributed by atoms with E-state index >= 15 is 0 Å². The van der Waals surface area contributed by atoms with Crippen molar-refractivity contribution in [2.75, 3.05) is 46.8 Å². The van der Waals surface area contributed by atoms with Crippen LogP contribution in [0.3, 0.4) is 0 Å². The maximum absolute atomic E-state index is 10.5. The molecule has 2 aliphatic rings. The highest BCUT2D eigenvalue weighted by Gasteiger charge is 2.14. The van der Waals surface area contributed by atoms with Crippen LogP contribution in [0.15, 0.2) is 0 Å². The first kappa shape index (κ1) is 11.5. The second kappa shape index (κ2) is 5.98. The van der Waals surface area contributed by atoms with Crippen molar-refractivity contribution in [3.8, 4) is 0 Å². The van der Waals surface area contributed by atoms with Gasteiger partial charge in [0.25, 0.3) is 0 Å². The van der Waals surface area contributed by atoms with Gasteiger partial charge >= 0.3 is 0 Å². The summed E-state index contributed by atoms with van der Waals surface area (Å²) in [5.41, 5.74) is 0. The van der Waals surface area contributed by atoms with Crippen molar-refractivity contribution in [3.63, 3.8) is 0 Å². The van der Waals surface area contributed by atoms with E-state index in [-0.39, 0.29) is 0 Å². The molecular weight excluding hydrogens is 178 g/mol. The molecular formula is C10H21N3O. The van der Waals surface area contributed by atoms with Gasteiger partial charge in [0.15, 0.2) is 0 Å². The minimum absolute atomic E-state index is 0.292. The Morgan fingerprint density at radius 3 is 2.00 bits per heavy atom. The van der Waals surface area contributed by atoms with Gasteiger partial charge in [-0.15, -0.1) is 0 Å². The number of hydrogen-bond acceptors (Lipinski definition) is 3. The van der Waals surface area contributed by atoms with Crippen LogP contribution in [0, 0.1) is 0 Å². The number of rotatable bonds is 0. The molecule has 2 aliphatic heterocycles. The minimum atomic E-state index is 0.292. The fourth-order valence-corrected chi connectivity index (χ4v) is 1.56. The molecule has 0 atom stereocenters. The number of nitrogens with zero attached hydrogens (tertiary/aromatic N) is 2. The summed E-state index contributed by atoms with van der Waals surface area (Å²) < 4.78 is 0. The molecule has 2 saturated heterocycles. The van der Waals surface area contributed by atoms with Gasteiger partial charge in [-0.3, -0.25) is 4.79 Å². The molecule has 82 valence electrons. The summed E-state index contributed by atoms with van der Waals surface area (Å²) in [4.78, 5) is 14.6. The zero-order valence-electron chi connectivity index (χ0n) is 9.25. The number of carbonyl (C=O) groups excluding carboxylic acids is 1. The Hall–Kier alpha value is -0.610. The number of piperazine rings is 1. The molecule has 2 rings (SSSR count). The average Bonchev–Trinajstić information content (AvgIpc) is 2.53. The molecule has 4 heteroatoms. The molecule has 0 aliphatic carbocycles. The fraction of sp³-hybridized carbons (Fsp3) is 0.900. The standard InChI is InChI=1S/C5H12N2.C5H9NO/c1-7-4-2-6-3-5-7;1-6-4-2-3-5(6)7/h6H,2-5H2,1H3;2-4H2,1H3. The second-order valence-electron chi connectivity index (χ2n) is 3.97. The van der Waals surface area contributed by atoms with Crippen molar-refractivity contribution in [1.82, 2.24) is 15.1 Å². The molecule has 0 aromatic heterocycles. The lowest BCUT2D eigenvalue weighted by atomic mass is 10.4. The van der Waals surface area contributed by atoms with Gasteiger partial charge in [-0.05, 0) is 13.5 Å². The first-order valence-corrected chi connectivity index (χ1v) is 5.33. The van der Waals surface area contributed by atoms with E-state index in [1.807, 2.05) is 7.05 Å². The fourth-order valence-electron chi connectivity index (χ4n) is 1.56. The number of hydrogen-bond donors (Lipinski definition) is 1. The zero-order chi connectivity index (χ0) is 10.4. The van der Waals surface area contributed by atoms with Crippen LogP contribution in [0.1, 0.15) is 12.8 Å². The van der Waals surface area contributed by atoms with Gasteiger partial charge in [0, 0.05) is 46.2 Å². The van der Waals surface area contributed by atoms with Crippen LogP contribution in [0.5, 0.6) is 0 Å². The van der Waals surface area contributed by atoms with Gasteiger partial charge in [-0.1, -0.05) is 0 Å². The van der Waals surface area contributed by atoms with Gasteiger partial charge in [-0.25, -0.2) is 0 Å². The van der Waals surface area contributed by atoms with Crippen molar-refractivity contribution in [3.05, 3.63) is 0 Å². The van der Waals surface area contributed by atoms with Crippen molar-refractivity contribution in [2.24, 2.45) is 0 Å². The Morgan fingerprint density at radius 2 is 1.79 bits per heavy atom. The van der Waals surface area contributed by atoms with Crippen molar-refractivity contribution < 1.29 is 4.79 Å². The van der Waals surface area contributed by atoms with Gasteiger partial charge < -0.3 is 15.1 Å². The summed E-state index contributed by atoms with van der Waals surface area (Å²) in [5, 5.41) is 3.27. The van der Waals surface area contributed by atoms with Crippen LogP contribution in [-0.4, -0.2) is 62.5 Å². The molecule has 1 amide bonds. The average molecular weight is 199 g/mol. The molecule has 0 saturated carbocycles. The Kier molecular flexibility index (Phi) is 4.90. The summed E-state index contributed by atoms with van der Waals surface area (Å²) >= 11 is 0. The van der Waals surface area contributed by atoms with Crippen LogP contribution < -0.4 is 5.32 Å². The Balaban J connectivity index is 0.000000140. The van der Waals surface area contributed by atoms with Gasteiger partial charge in [0.1, 0.15) is 0 Å². The number of nitrogens with one attached hydrogen (secondary N) is 1. The number of carbonyl (C=O) groups is 1. The maximum Gasteiger partial charge on any atom is 0.222 e. The van der Waals surface area contributed by atoms with Gasteiger partial charge in [-0.2, -0.15) is 0 Å². The van der Waals surface area contributed by atoms with Crippen LogP contribution in [0.4, 0.5) is 0 Å². The van der Waals surface area contributed by atoms with E-state index in [0.717, 1.165) is 32.5 Å². The van der Waals surface area contributed by atoms with E-state index < -0.39 is 0 Å². The maximum atomic E-state index is 10.5. The van der Waals surface area contributed by atoms with Gasteiger partial charge in [0.05, 0.1) is 0 Å². The summed E-state index contributed by atoms with van der Waals surface area (Å²) in [7, 11) is 4.00. The normalized spacial score (nSPS) is 23.3. The first-order valence-electron chi connectivity index (χ1n) is 5.33. The van der Waals surface area contributed by atoms with E-state index in [1.54, 1.807) is 4.90 Å². The van der Waals surface area contributed by atoms with Gasteiger partial charge in [0.2, 0.25) is 5.91 Å². The van der Waals surface area contributed by atoms with E-state index in [9.17, 15) is 4.79 Å². The molecule has 0 unspecified atom stereocenters. The lowest BCUT2D eigenvalue weighted by Crippen LogP contribution is -2.40. The third-order valence-corrected chi connectivity index (χ3v) is 2.65. The molecule has 0 aromatic rings. The largest absolute Gasteiger partial charge is 0.346 e. The molecule has 2 fully saturated rings. The molecule has 0 bridgehead atoms. The molecule has 0 aromatic carbocycles. The number of likely N-dealkylation sites (N-methyl/N-ethyl adjacent to an activating group) is 1. The molecule has 0 radical (unpaired) electrons. The van der Waals surface area contributed by atoms with Crippen LogP contribution in [0.25, 0.3) is 0 Å². The highest BCUT2D eigenvalue weighted by atomic mass is 16.2. The summed E-state index contributed by atoms with van der Waals surface area (Å²) in [6, 6.07) is 0. The Bertz CT molecular complexity index is 178. The third-order valence-electron chi connectivity index (χ3n) is 2.65. The predicted octanol–water partition coefficient (Wildman–Crippen LogP) is -0.240. The van der Waals surface area contributed by atoms with E-state index in [2.05, 4.69) is 17.3 Å². The molecule has 1 N–H and O–H groups in total. The van der Waals surface area contributed by atoms with E-state index in [4.69, 9.17) is 0 Å². The first-order chi connectivity index (χ1) is 6.70. The molecule has 0 spiro atoms. The zero-order valence-corrected chi connectivity index (χ0v) is 9.25. The molecule has 14 heavy (non-hydrogen) atoms. The summed E-state index contributed by atoms with van der Waals surface area (Å²) in [5.74, 6) is 0.292. The Morgan fingerprint density at radius 1 is 1.14 bits per heavy atom. The quantitative estimate of drug-likeness (QED) is 0.585. The monoisotopic (exact) mass is 199 g/mol. The SMILES string of the molecule is CN1CCCC1=O.CN1CCNCC1. The van der Waals surface area contributed by atoms with Crippen LogP contribution in [0.2, 0.25) is 0 Å². The topological polar surface area (TPSA) is 35.6 Å². The number of amides is 1. The lowest BCUT2D eigenvalue weighted by Gasteiger charge is -2.21. The second-order valence-corrected chi connectivity index (χ2v) is 3.97. The van der Waals surface area contributed by atoms with E-state index in [1.165, 1.54) is 13.1 Å². The van der Waals surface area contributed by atoms with Crippen molar-refractivity contribution in [2.45, 2.75) is 12.8 Å². The summed E-state index contributed by atoms with van der Waals surface area (Å²) in [6.07, 6.45) is 1.81. The third kappa shape index (κ3) is 4.07. The smallest absolute Gasteiger partial charge is 0.222 e. The summed E-state index contributed by atoms with van der Waals surface area (Å²) in [6.45, 7) is 5.70. The highest BCUT2D eigenvalue weighted by molar-refractivity contribution is 5.77. The highest BCUT2D eigenvalue weighted by Crippen LogP contribution is 2.04. The van der Waals surface area contributed by atoms with Crippen LogP contribution in [-0.2, 0) is 4.79 Å². The molecule has 2 heterocycles. The minimum Gasteiger partial charge on any atom is -0.346 e. The van der Waals surface area contributed by atoms with Crippen molar-refractivity contribution in [1.29, 1.82) is 0 Å². The number of likely N-dealkylation sites (tertiary alicyclic amines) is 1. The van der Waals surface area contributed by atoms with Crippen molar-refractivity contribution >= 4 is 5.91 Å². The van der Waals surface area contributed by atoms with E-state index in [0.29, 0.717) is 5.91 Å². The lowest BCUT2D eigenvalue weighted by molar-refractivity contribution is -0.126. The Labute approximate surface area is 86.2 Å². The molecule has 4 nitrogen and oxygen atoms in total.